The minimum Gasteiger partial charge on any atom is -0.271 e. The molecular weight excluding hydrogens is 259 g/mol. The summed E-state index contributed by atoms with van der Waals surface area (Å²) in [4.78, 5) is 1.00. The number of hydrazine groups is 1. The summed E-state index contributed by atoms with van der Waals surface area (Å²) in [7, 11) is 0. The zero-order valence-corrected chi connectivity index (χ0v) is 10.8. The van der Waals surface area contributed by atoms with Gasteiger partial charge in [-0.2, -0.15) is 0 Å². The first-order valence-corrected chi connectivity index (χ1v) is 6.28. The van der Waals surface area contributed by atoms with Crippen molar-refractivity contribution in [2.24, 2.45) is 5.84 Å². The number of aryl methyl sites for hydroxylation is 1. The molecule has 0 aliphatic rings. The van der Waals surface area contributed by atoms with Crippen LogP contribution in [0.3, 0.4) is 0 Å². The molecule has 3 N–H and O–H groups in total. The van der Waals surface area contributed by atoms with Crippen molar-refractivity contribution in [2.45, 2.75) is 13.0 Å². The number of nitrogens with two attached hydrogens (primary N) is 1. The number of thiophene rings is 1. The zero-order valence-electron chi connectivity index (χ0n) is 9.21. The van der Waals surface area contributed by atoms with Gasteiger partial charge in [0, 0.05) is 4.88 Å². The molecule has 0 fully saturated rings. The van der Waals surface area contributed by atoms with E-state index in [1.165, 1.54) is 17.4 Å². The highest BCUT2D eigenvalue weighted by atomic mass is 35.5. The molecule has 0 aliphatic heterocycles. The van der Waals surface area contributed by atoms with Crippen molar-refractivity contribution in [2.75, 3.05) is 0 Å². The SMILES string of the molecule is Cc1cc(C(NN)c2ccc(Cl)s2)ccc1F. The molecule has 0 radical (unpaired) electrons. The monoisotopic (exact) mass is 270 g/mol. The van der Waals surface area contributed by atoms with Crippen molar-refractivity contribution in [3.63, 3.8) is 0 Å². The first-order valence-electron chi connectivity index (χ1n) is 5.09. The summed E-state index contributed by atoms with van der Waals surface area (Å²) >= 11 is 7.35. The molecule has 0 amide bonds. The molecule has 0 bridgehead atoms. The van der Waals surface area contributed by atoms with E-state index in [9.17, 15) is 4.39 Å². The van der Waals surface area contributed by atoms with E-state index in [1.54, 1.807) is 19.1 Å². The predicted molar refractivity (Wildman–Crippen MR) is 69.6 cm³/mol. The third kappa shape index (κ3) is 2.66. The van der Waals surface area contributed by atoms with Crippen LogP contribution in [0.25, 0.3) is 0 Å². The summed E-state index contributed by atoms with van der Waals surface area (Å²) in [6.07, 6.45) is 0. The summed E-state index contributed by atoms with van der Waals surface area (Å²) < 4.78 is 13.9. The van der Waals surface area contributed by atoms with Gasteiger partial charge < -0.3 is 0 Å². The molecule has 1 aromatic carbocycles. The Balaban J connectivity index is 2.38. The van der Waals surface area contributed by atoms with E-state index in [2.05, 4.69) is 5.43 Å². The van der Waals surface area contributed by atoms with Gasteiger partial charge in [-0.25, -0.2) is 9.82 Å². The van der Waals surface area contributed by atoms with E-state index in [1.807, 2.05) is 12.1 Å². The molecule has 0 saturated carbocycles. The second-order valence-corrected chi connectivity index (χ2v) is 5.50. The number of nitrogens with one attached hydrogen (secondary N) is 1. The fourth-order valence-corrected chi connectivity index (χ4v) is 2.82. The molecule has 0 aliphatic carbocycles. The van der Waals surface area contributed by atoms with E-state index in [-0.39, 0.29) is 11.9 Å². The van der Waals surface area contributed by atoms with Crippen molar-refractivity contribution in [1.29, 1.82) is 0 Å². The van der Waals surface area contributed by atoms with Crippen LogP contribution in [0.2, 0.25) is 4.34 Å². The van der Waals surface area contributed by atoms with Gasteiger partial charge in [0.2, 0.25) is 0 Å². The Hall–Kier alpha value is -0.940. The Kier molecular flexibility index (Phi) is 3.79. The van der Waals surface area contributed by atoms with Crippen LogP contribution in [-0.2, 0) is 0 Å². The number of hydrogen-bond acceptors (Lipinski definition) is 3. The maximum atomic E-state index is 13.2. The van der Waals surface area contributed by atoms with Gasteiger partial charge in [-0.15, -0.1) is 11.3 Å². The van der Waals surface area contributed by atoms with E-state index in [0.29, 0.717) is 9.90 Å². The molecule has 5 heteroatoms. The topological polar surface area (TPSA) is 38.0 Å². The molecule has 2 nitrogen and oxygen atoms in total. The Morgan fingerprint density at radius 1 is 1.35 bits per heavy atom. The van der Waals surface area contributed by atoms with Gasteiger partial charge in [0.15, 0.2) is 0 Å². The summed E-state index contributed by atoms with van der Waals surface area (Å²) in [5.74, 6) is 5.34. The van der Waals surface area contributed by atoms with Gasteiger partial charge in [-0.3, -0.25) is 5.84 Å². The smallest absolute Gasteiger partial charge is 0.126 e. The lowest BCUT2D eigenvalue weighted by molar-refractivity contribution is 0.610. The quantitative estimate of drug-likeness (QED) is 0.663. The van der Waals surface area contributed by atoms with Crippen molar-refractivity contribution >= 4 is 22.9 Å². The van der Waals surface area contributed by atoms with Crippen molar-refractivity contribution < 1.29 is 4.39 Å². The lowest BCUT2D eigenvalue weighted by atomic mass is 10.0. The van der Waals surface area contributed by atoms with Crippen LogP contribution >= 0.6 is 22.9 Å². The van der Waals surface area contributed by atoms with Crippen LogP contribution in [0.5, 0.6) is 0 Å². The highest BCUT2D eigenvalue weighted by molar-refractivity contribution is 7.16. The Labute approximate surface area is 108 Å². The highest BCUT2D eigenvalue weighted by Gasteiger charge is 2.15. The largest absolute Gasteiger partial charge is 0.271 e. The minimum atomic E-state index is -0.214. The molecular formula is C12H12ClFN2S. The number of hydrogen-bond donors (Lipinski definition) is 2. The zero-order chi connectivity index (χ0) is 12.4. The van der Waals surface area contributed by atoms with E-state index in [0.717, 1.165) is 10.4 Å². The normalized spacial score (nSPS) is 12.7. The average molecular weight is 271 g/mol. The Morgan fingerprint density at radius 2 is 2.12 bits per heavy atom. The van der Waals surface area contributed by atoms with Crippen molar-refractivity contribution in [1.82, 2.24) is 5.43 Å². The van der Waals surface area contributed by atoms with Gasteiger partial charge in [0.05, 0.1) is 10.4 Å². The van der Waals surface area contributed by atoms with E-state index >= 15 is 0 Å². The molecule has 17 heavy (non-hydrogen) atoms. The van der Waals surface area contributed by atoms with Gasteiger partial charge >= 0.3 is 0 Å². The average Bonchev–Trinajstić information content (AvgIpc) is 2.71. The van der Waals surface area contributed by atoms with Crippen LogP contribution in [0.15, 0.2) is 30.3 Å². The number of halogens is 2. The third-order valence-electron chi connectivity index (χ3n) is 2.56. The molecule has 90 valence electrons. The molecule has 1 atom stereocenters. The molecule has 2 aromatic rings. The van der Waals surface area contributed by atoms with E-state index in [4.69, 9.17) is 17.4 Å². The van der Waals surface area contributed by atoms with Gasteiger partial charge in [0.25, 0.3) is 0 Å². The minimum absolute atomic E-state index is 0.160. The second kappa shape index (κ2) is 5.14. The molecule has 1 heterocycles. The summed E-state index contributed by atoms with van der Waals surface area (Å²) in [6, 6.07) is 8.53. The van der Waals surface area contributed by atoms with Gasteiger partial charge in [0.1, 0.15) is 5.82 Å². The maximum Gasteiger partial charge on any atom is 0.126 e. The molecule has 1 unspecified atom stereocenters. The summed E-state index contributed by atoms with van der Waals surface area (Å²) in [5.41, 5.74) is 4.25. The molecule has 1 aromatic heterocycles. The summed E-state index contributed by atoms with van der Waals surface area (Å²) in [5, 5.41) is 0. The number of benzene rings is 1. The van der Waals surface area contributed by atoms with Gasteiger partial charge in [-0.05, 0) is 36.2 Å². The van der Waals surface area contributed by atoms with Crippen LogP contribution < -0.4 is 11.3 Å². The van der Waals surface area contributed by atoms with Gasteiger partial charge in [-0.1, -0.05) is 23.7 Å². The second-order valence-electron chi connectivity index (χ2n) is 3.75. The third-order valence-corrected chi connectivity index (χ3v) is 3.86. The first-order chi connectivity index (χ1) is 8.11. The van der Waals surface area contributed by atoms with Crippen LogP contribution in [0.4, 0.5) is 4.39 Å². The fourth-order valence-electron chi connectivity index (χ4n) is 1.67. The predicted octanol–water partition coefficient (Wildman–Crippen LogP) is 3.40. The standard InChI is InChI=1S/C12H12ClFN2S/c1-7-6-8(2-3-9(7)14)12(16-15)10-4-5-11(13)17-10/h2-6,12,16H,15H2,1H3. The van der Waals surface area contributed by atoms with Crippen LogP contribution in [0, 0.1) is 12.7 Å². The fraction of sp³-hybridized carbons (Fsp3) is 0.167. The first kappa shape index (κ1) is 12.5. The Morgan fingerprint density at radius 3 is 2.65 bits per heavy atom. The number of rotatable bonds is 3. The molecule has 0 saturated heterocycles. The maximum absolute atomic E-state index is 13.2. The molecule has 2 rings (SSSR count). The van der Waals surface area contributed by atoms with Crippen LogP contribution in [-0.4, -0.2) is 0 Å². The van der Waals surface area contributed by atoms with Crippen LogP contribution in [0.1, 0.15) is 22.0 Å². The molecule has 0 spiro atoms. The lowest BCUT2D eigenvalue weighted by Crippen LogP contribution is -2.28. The Bertz CT molecular complexity index is 527. The van der Waals surface area contributed by atoms with Crippen molar-refractivity contribution in [3.05, 3.63) is 56.5 Å². The highest BCUT2D eigenvalue weighted by Crippen LogP contribution is 2.31. The summed E-state index contributed by atoms with van der Waals surface area (Å²) in [6.45, 7) is 1.73. The lowest BCUT2D eigenvalue weighted by Gasteiger charge is -2.15. The van der Waals surface area contributed by atoms with Crippen molar-refractivity contribution in [3.8, 4) is 0 Å². The van der Waals surface area contributed by atoms with E-state index < -0.39 is 0 Å².